The summed E-state index contributed by atoms with van der Waals surface area (Å²) in [6.45, 7) is 0. The molecule has 0 amide bonds. The first-order valence-electron chi connectivity index (χ1n) is 7.00. The van der Waals surface area contributed by atoms with Gasteiger partial charge in [-0.05, 0) is 42.5 Å². The third-order valence-electron chi connectivity index (χ3n) is 3.72. The highest BCUT2D eigenvalue weighted by atomic mass is 32.2. The summed E-state index contributed by atoms with van der Waals surface area (Å²) in [7, 11) is -4.13. The van der Waals surface area contributed by atoms with Crippen LogP contribution in [0.1, 0.15) is 24.4 Å². The van der Waals surface area contributed by atoms with Gasteiger partial charge in [0.05, 0.1) is 0 Å². The molecule has 3 rings (SSSR count). The summed E-state index contributed by atoms with van der Waals surface area (Å²) in [6, 6.07) is 11.1. The highest BCUT2D eigenvalue weighted by Gasteiger charge is 2.36. The average molecular weight is 323 g/mol. The van der Waals surface area contributed by atoms with Crippen molar-refractivity contribution in [3.05, 3.63) is 65.7 Å². The van der Waals surface area contributed by atoms with Crippen LogP contribution < -0.4 is 4.72 Å². The molecule has 2 aromatic carbocycles. The average Bonchev–Trinajstić information content (AvgIpc) is 3.33. The van der Waals surface area contributed by atoms with Gasteiger partial charge in [0, 0.05) is 6.04 Å². The molecule has 0 spiro atoms. The number of hydrogen-bond acceptors (Lipinski definition) is 2. The van der Waals surface area contributed by atoms with Crippen LogP contribution in [0, 0.1) is 17.6 Å². The van der Waals surface area contributed by atoms with Crippen molar-refractivity contribution < 1.29 is 17.2 Å². The summed E-state index contributed by atoms with van der Waals surface area (Å²) >= 11 is 0. The molecular weight excluding hydrogens is 308 g/mol. The second kappa shape index (κ2) is 5.78. The first-order valence-corrected chi connectivity index (χ1v) is 8.48. The van der Waals surface area contributed by atoms with Crippen molar-refractivity contribution in [3.8, 4) is 0 Å². The maximum Gasteiger partial charge on any atom is 0.244 e. The Morgan fingerprint density at radius 3 is 2.36 bits per heavy atom. The van der Waals surface area contributed by atoms with Gasteiger partial charge in [-0.3, -0.25) is 0 Å². The Hall–Kier alpha value is -1.79. The van der Waals surface area contributed by atoms with Crippen molar-refractivity contribution in [3.63, 3.8) is 0 Å². The molecule has 1 saturated carbocycles. The minimum Gasteiger partial charge on any atom is -0.207 e. The monoisotopic (exact) mass is 323 g/mol. The van der Waals surface area contributed by atoms with Crippen LogP contribution in [-0.2, 0) is 10.0 Å². The standard InChI is InChI=1S/C16H15F2NO2S/c17-13-8-9-14(18)15(10-13)22(20,21)19-16(12-6-7-12)11-4-2-1-3-5-11/h1-5,8-10,12,16,19H,6-7H2. The Bertz CT molecular complexity index is 774. The van der Waals surface area contributed by atoms with E-state index in [1.54, 1.807) is 0 Å². The highest BCUT2D eigenvalue weighted by molar-refractivity contribution is 7.89. The van der Waals surface area contributed by atoms with Crippen molar-refractivity contribution in [2.75, 3.05) is 0 Å². The summed E-state index contributed by atoms with van der Waals surface area (Å²) < 4.78 is 54.3. The van der Waals surface area contributed by atoms with Gasteiger partial charge in [0.2, 0.25) is 10.0 Å². The van der Waals surface area contributed by atoms with Gasteiger partial charge >= 0.3 is 0 Å². The molecule has 1 fully saturated rings. The summed E-state index contributed by atoms with van der Waals surface area (Å²) in [5, 5.41) is 0. The highest BCUT2D eigenvalue weighted by Crippen LogP contribution is 2.41. The van der Waals surface area contributed by atoms with Gasteiger partial charge < -0.3 is 0 Å². The van der Waals surface area contributed by atoms with Crippen molar-refractivity contribution in [2.24, 2.45) is 5.92 Å². The van der Waals surface area contributed by atoms with E-state index in [4.69, 9.17) is 0 Å². The lowest BCUT2D eigenvalue weighted by Gasteiger charge is -2.19. The summed E-state index contributed by atoms with van der Waals surface area (Å²) in [5.41, 5.74) is 0.824. The topological polar surface area (TPSA) is 46.2 Å². The molecule has 0 aliphatic heterocycles. The first kappa shape index (κ1) is 15.1. The van der Waals surface area contributed by atoms with Crippen LogP contribution in [0.5, 0.6) is 0 Å². The van der Waals surface area contributed by atoms with Crippen molar-refractivity contribution in [2.45, 2.75) is 23.8 Å². The Morgan fingerprint density at radius 1 is 1.05 bits per heavy atom. The minimum absolute atomic E-state index is 0.189. The molecule has 3 nitrogen and oxygen atoms in total. The van der Waals surface area contributed by atoms with Gasteiger partial charge in [-0.2, -0.15) is 0 Å². The fourth-order valence-corrected chi connectivity index (χ4v) is 3.82. The lowest BCUT2D eigenvalue weighted by Crippen LogP contribution is -2.30. The largest absolute Gasteiger partial charge is 0.244 e. The Morgan fingerprint density at radius 2 is 1.73 bits per heavy atom. The summed E-state index contributed by atoms with van der Waals surface area (Å²) in [6.07, 6.45) is 1.82. The van der Waals surface area contributed by atoms with Gasteiger partial charge in [0.15, 0.2) is 0 Å². The lowest BCUT2D eigenvalue weighted by molar-refractivity contribution is 0.515. The third-order valence-corrected chi connectivity index (χ3v) is 5.17. The molecule has 22 heavy (non-hydrogen) atoms. The van der Waals surface area contributed by atoms with Crippen LogP contribution in [-0.4, -0.2) is 8.42 Å². The van der Waals surface area contributed by atoms with E-state index in [1.807, 2.05) is 30.3 Å². The summed E-state index contributed by atoms with van der Waals surface area (Å²) in [5.74, 6) is -1.56. The molecule has 0 saturated heterocycles. The third kappa shape index (κ3) is 3.18. The minimum atomic E-state index is -4.13. The molecule has 0 bridgehead atoms. The molecule has 0 heterocycles. The predicted octanol–water partition coefficient (Wildman–Crippen LogP) is 3.39. The van der Waals surface area contributed by atoms with E-state index < -0.39 is 32.6 Å². The van der Waals surface area contributed by atoms with Crippen LogP contribution in [0.4, 0.5) is 8.78 Å². The quantitative estimate of drug-likeness (QED) is 0.917. The predicted molar refractivity (Wildman–Crippen MR) is 78.6 cm³/mol. The molecule has 0 aromatic heterocycles. The zero-order valence-corrected chi connectivity index (χ0v) is 12.5. The van der Waals surface area contributed by atoms with E-state index in [2.05, 4.69) is 4.72 Å². The number of sulfonamides is 1. The molecule has 1 N–H and O–H groups in total. The molecular formula is C16H15F2NO2S. The van der Waals surface area contributed by atoms with E-state index in [0.29, 0.717) is 6.07 Å². The van der Waals surface area contributed by atoms with E-state index in [1.165, 1.54) is 0 Å². The molecule has 1 aliphatic carbocycles. The van der Waals surface area contributed by atoms with E-state index >= 15 is 0 Å². The number of nitrogens with one attached hydrogen (secondary N) is 1. The van der Waals surface area contributed by atoms with Crippen LogP contribution >= 0.6 is 0 Å². The van der Waals surface area contributed by atoms with E-state index in [9.17, 15) is 17.2 Å². The van der Waals surface area contributed by atoms with Crippen LogP contribution in [0.2, 0.25) is 0 Å². The fraction of sp³-hybridized carbons (Fsp3) is 0.250. The van der Waals surface area contributed by atoms with Gasteiger partial charge in [0.25, 0.3) is 0 Å². The van der Waals surface area contributed by atoms with E-state index in [-0.39, 0.29) is 5.92 Å². The van der Waals surface area contributed by atoms with Gasteiger partial charge in [0.1, 0.15) is 16.5 Å². The fourth-order valence-electron chi connectivity index (χ4n) is 2.44. The maximum atomic E-state index is 13.7. The van der Waals surface area contributed by atoms with Crippen molar-refractivity contribution >= 4 is 10.0 Å². The van der Waals surface area contributed by atoms with Crippen LogP contribution in [0.25, 0.3) is 0 Å². The van der Waals surface area contributed by atoms with Gasteiger partial charge in [-0.15, -0.1) is 0 Å². The van der Waals surface area contributed by atoms with E-state index in [0.717, 1.165) is 30.5 Å². The number of benzene rings is 2. The van der Waals surface area contributed by atoms with Crippen molar-refractivity contribution in [1.82, 2.24) is 4.72 Å². The van der Waals surface area contributed by atoms with Crippen LogP contribution in [0.15, 0.2) is 53.4 Å². The second-order valence-corrected chi connectivity index (χ2v) is 7.10. The maximum absolute atomic E-state index is 13.7. The van der Waals surface area contributed by atoms with Crippen LogP contribution in [0.3, 0.4) is 0 Å². The summed E-state index contributed by atoms with van der Waals surface area (Å²) in [4.78, 5) is -0.658. The molecule has 0 radical (unpaired) electrons. The van der Waals surface area contributed by atoms with Gasteiger partial charge in [-0.25, -0.2) is 21.9 Å². The lowest BCUT2D eigenvalue weighted by atomic mass is 10.0. The number of halogens is 2. The SMILES string of the molecule is O=S(=O)(NC(c1ccccc1)C1CC1)c1cc(F)ccc1F. The molecule has 1 aliphatic rings. The molecule has 6 heteroatoms. The Labute approximate surface area is 128 Å². The zero-order valence-electron chi connectivity index (χ0n) is 11.7. The molecule has 2 aromatic rings. The Kier molecular flexibility index (Phi) is 3.97. The van der Waals surface area contributed by atoms with Crippen molar-refractivity contribution in [1.29, 1.82) is 0 Å². The zero-order chi connectivity index (χ0) is 15.7. The molecule has 1 unspecified atom stereocenters. The Balaban J connectivity index is 1.94. The first-order chi connectivity index (χ1) is 10.5. The normalized spacial score (nSPS) is 16.5. The second-order valence-electron chi connectivity index (χ2n) is 5.42. The molecule has 116 valence electrons. The number of hydrogen-bond donors (Lipinski definition) is 1. The molecule has 1 atom stereocenters. The van der Waals surface area contributed by atoms with Gasteiger partial charge in [-0.1, -0.05) is 30.3 Å². The smallest absolute Gasteiger partial charge is 0.207 e. The number of rotatable bonds is 5.